The maximum atomic E-state index is 13.8. The molecule has 0 unspecified atom stereocenters. The Morgan fingerprint density at radius 3 is 2.56 bits per heavy atom. The molecule has 2 aromatic carbocycles. The second kappa shape index (κ2) is 11.0. The molecule has 7 nitrogen and oxygen atoms in total. The number of ether oxygens (including phenoxy) is 3. The molecule has 0 spiro atoms. The van der Waals surface area contributed by atoms with E-state index in [0.717, 1.165) is 15.6 Å². The molecule has 0 saturated carbocycles. The van der Waals surface area contributed by atoms with Crippen LogP contribution in [0.3, 0.4) is 0 Å². The Labute approximate surface area is 225 Å². The van der Waals surface area contributed by atoms with Crippen LogP contribution in [0, 0.1) is 0 Å². The molecule has 1 atom stereocenters. The van der Waals surface area contributed by atoms with Gasteiger partial charge >= 0.3 is 5.97 Å². The van der Waals surface area contributed by atoms with E-state index >= 15 is 0 Å². The second-order valence-electron chi connectivity index (χ2n) is 7.81. The Hall–Kier alpha value is -2.88. The fraction of sp³-hybridized carbons (Fsp3) is 0.269. The Morgan fingerprint density at radius 1 is 1.19 bits per heavy atom. The van der Waals surface area contributed by atoms with Crippen LogP contribution < -0.4 is 24.4 Å². The summed E-state index contributed by atoms with van der Waals surface area (Å²) in [6, 6.07) is 9.98. The van der Waals surface area contributed by atoms with Gasteiger partial charge in [-0.3, -0.25) is 9.36 Å². The predicted octanol–water partition coefficient (Wildman–Crippen LogP) is 4.62. The van der Waals surface area contributed by atoms with Gasteiger partial charge in [-0.25, -0.2) is 9.79 Å². The molecule has 1 aliphatic heterocycles. The fourth-order valence-corrected chi connectivity index (χ4v) is 5.58. The normalized spacial score (nSPS) is 15.4. The minimum Gasteiger partial charge on any atom is -0.493 e. The maximum absolute atomic E-state index is 13.8. The highest BCUT2D eigenvalue weighted by Crippen LogP contribution is 2.34. The van der Waals surface area contributed by atoms with Crippen molar-refractivity contribution in [1.29, 1.82) is 0 Å². The first-order valence-electron chi connectivity index (χ1n) is 11.2. The van der Waals surface area contributed by atoms with Crippen LogP contribution in [0.1, 0.15) is 37.9 Å². The molecule has 188 valence electrons. The van der Waals surface area contributed by atoms with Crippen LogP contribution >= 0.6 is 38.9 Å². The number of esters is 1. The molecule has 0 radical (unpaired) electrons. The summed E-state index contributed by atoms with van der Waals surface area (Å²) in [5, 5.41) is 0.555. The van der Waals surface area contributed by atoms with E-state index in [1.54, 1.807) is 61.9 Å². The summed E-state index contributed by atoms with van der Waals surface area (Å²) in [7, 11) is 1.57. The van der Waals surface area contributed by atoms with Crippen molar-refractivity contribution < 1.29 is 19.0 Å². The Kier molecular flexibility index (Phi) is 8.02. The number of halogens is 2. The Bertz CT molecular complexity index is 1530. The van der Waals surface area contributed by atoms with Gasteiger partial charge in [-0.2, -0.15) is 0 Å². The van der Waals surface area contributed by atoms with Crippen molar-refractivity contribution in [2.45, 2.75) is 26.8 Å². The lowest BCUT2D eigenvalue weighted by Crippen LogP contribution is -2.39. The summed E-state index contributed by atoms with van der Waals surface area (Å²) >= 11 is 10.9. The number of thiazole rings is 1. The maximum Gasteiger partial charge on any atom is 0.338 e. The average molecular weight is 592 g/mol. The number of hydrogen-bond donors (Lipinski definition) is 0. The largest absolute Gasteiger partial charge is 0.493 e. The van der Waals surface area contributed by atoms with Gasteiger partial charge in [0.25, 0.3) is 5.56 Å². The second-order valence-corrected chi connectivity index (χ2v) is 10.1. The molecule has 0 aliphatic carbocycles. The van der Waals surface area contributed by atoms with Gasteiger partial charge in [0.15, 0.2) is 16.3 Å². The zero-order valence-corrected chi connectivity index (χ0v) is 23.3. The van der Waals surface area contributed by atoms with Crippen LogP contribution in [-0.2, 0) is 9.53 Å². The number of allylic oxidation sites excluding steroid dienone is 1. The van der Waals surface area contributed by atoms with E-state index in [4.69, 9.17) is 25.8 Å². The monoisotopic (exact) mass is 590 g/mol. The first-order valence-corrected chi connectivity index (χ1v) is 13.2. The lowest BCUT2D eigenvalue weighted by atomic mass is 9.96. The average Bonchev–Trinajstić information content (AvgIpc) is 3.15. The highest BCUT2D eigenvalue weighted by molar-refractivity contribution is 9.10. The summed E-state index contributed by atoms with van der Waals surface area (Å²) in [6.45, 7) is 6.06. The van der Waals surface area contributed by atoms with Crippen molar-refractivity contribution in [2.75, 3.05) is 20.3 Å². The van der Waals surface area contributed by atoms with Gasteiger partial charge in [-0.1, -0.05) is 51.0 Å². The van der Waals surface area contributed by atoms with Gasteiger partial charge < -0.3 is 14.2 Å². The molecular weight excluding hydrogens is 568 g/mol. The van der Waals surface area contributed by atoms with E-state index in [-0.39, 0.29) is 12.2 Å². The van der Waals surface area contributed by atoms with E-state index in [2.05, 4.69) is 20.9 Å². The standard InChI is InChI=1S/C26H24BrClN2O5S/c1-5-34-20-11-16(18(27)13-19(20)33-4)12-21-24(31)30-23(15-7-9-17(28)10-8-15)22(25(32)35-6-2)14(3)29-26(30)36-21/h7-13,23H,5-6H2,1-4H3/b21-12+/t23-/m1/s1. The van der Waals surface area contributed by atoms with Gasteiger partial charge in [0.1, 0.15) is 0 Å². The molecule has 2 heterocycles. The zero-order valence-electron chi connectivity index (χ0n) is 20.1. The van der Waals surface area contributed by atoms with Gasteiger partial charge in [0, 0.05) is 9.50 Å². The molecule has 0 N–H and O–H groups in total. The number of hydrogen-bond acceptors (Lipinski definition) is 7. The zero-order chi connectivity index (χ0) is 26.0. The van der Waals surface area contributed by atoms with Crippen molar-refractivity contribution >= 4 is 50.9 Å². The van der Waals surface area contributed by atoms with E-state index < -0.39 is 12.0 Å². The molecule has 0 fully saturated rings. The van der Waals surface area contributed by atoms with Gasteiger partial charge in [-0.15, -0.1) is 0 Å². The van der Waals surface area contributed by atoms with Crippen LogP contribution in [0.2, 0.25) is 5.02 Å². The highest BCUT2D eigenvalue weighted by Gasteiger charge is 2.33. The molecule has 1 aromatic heterocycles. The molecule has 10 heteroatoms. The number of benzene rings is 2. The molecule has 36 heavy (non-hydrogen) atoms. The number of carbonyl (C=O) groups excluding carboxylic acids is 1. The predicted molar refractivity (Wildman–Crippen MR) is 144 cm³/mol. The van der Waals surface area contributed by atoms with Crippen molar-refractivity contribution in [3.05, 3.63) is 88.0 Å². The lowest BCUT2D eigenvalue weighted by Gasteiger charge is -2.24. The minimum atomic E-state index is -0.696. The van der Waals surface area contributed by atoms with Crippen molar-refractivity contribution in [3.8, 4) is 11.5 Å². The number of rotatable bonds is 7. The van der Waals surface area contributed by atoms with Crippen molar-refractivity contribution in [1.82, 2.24) is 4.57 Å². The molecule has 0 saturated heterocycles. The first kappa shape index (κ1) is 26.2. The molecule has 4 rings (SSSR count). The summed E-state index contributed by atoms with van der Waals surface area (Å²) < 4.78 is 19.2. The SMILES string of the molecule is CCOC(=O)C1=C(C)N=c2s/c(=C/c3cc(OCC)c(OC)cc3Br)c(=O)n2[C@@H]1c1ccc(Cl)cc1. The summed E-state index contributed by atoms with van der Waals surface area (Å²) in [5.74, 6) is 0.647. The number of nitrogens with zero attached hydrogens (tertiary/aromatic N) is 2. The lowest BCUT2D eigenvalue weighted by molar-refractivity contribution is -0.139. The molecule has 1 aliphatic rings. The molecule has 0 bridgehead atoms. The molecular formula is C26H24BrClN2O5S. The van der Waals surface area contributed by atoms with Crippen molar-refractivity contribution in [2.24, 2.45) is 4.99 Å². The number of fused-ring (bicyclic) bond motifs is 1. The van der Waals surface area contributed by atoms with E-state index in [9.17, 15) is 9.59 Å². The minimum absolute atomic E-state index is 0.209. The van der Waals surface area contributed by atoms with Crippen LogP contribution in [0.25, 0.3) is 6.08 Å². The first-order chi connectivity index (χ1) is 17.3. The Morgan fingerprint density at radius 2 is 1.92 bits per heavy atom. The third-order valence-electron chi connectivity index (χ3n) is 5.57. The molecule has 3 aromatic rings. The topological polar surface area (TPSA) is 79.1 Å². The summed E-state index contributed by atoms with van der Waals surface area (Å²) in [6.07, 6.45) is 1.78. The number of aromatic nitrogens is 1. The van der Waals surface area contributed by atoms with Crippen LogP contribution in [0.5, 0.6) is 11.5 Å². The number of carbonyl (C=O) groups is 1. The van der Waals surface area contributed by atoms with Crippen LogP contribution in [0.4, 0.5) is 0 Å². The van der Waals surface area contributed by atoms with E-state index in [0.29, 0.717) is 43.7 Å². The van der Waals surface area contributed by atoms with Crippen LogP contribution in [0.15, 0.2) is 61.9 Å². The summed E-state index contributed by atoms with van der Waals surface area (Å²) in [5.41, 5.74) is 2.03. The van der Waals surface area contributed by atoms with Crippen molar-refractivity contribution in [3.63, 3.8) is 0 Å². The fourth-order valence-electron chi connectivity index (χ4n) is 3.98. The smallest absolute Gasteiger partial charge is 0.338 e. The highest BCUT2D eigenvalue weighted by atomic mass is 79.9. The van der Waals surface area contributed by atoms with Gasteiger partial charge in [-0.05, 0) is 62.2 Å². The third kappa shape index (κ3) is 5.00. The van der Waals surface area contributed by atoms with Gasteiger partial charge in [0.2, 0.25) is 0 Å². The quantitative estimate of drug-likeness (QED) is 0.375. The third-order valence-corrected chi connectivity index (χ3v) is 7.49. The summed E-state index contributed by atoms with van der Waals surface area (Å²) in [4.78, 5) is 31.8. The van der Waals surface area contributed by atoms with E-state index in [1.165, 1.54) is 11.3 Å². The van der Waals surface area contributed by atoms with E-state index in [1.807, 2.05) is 13.0 Å². The Balaban J connectivity index is 1.94. The van der Waals surface area contributed by atoms with Gasteiger partial charge in [0.05, 0.1) is 42.2 Å². The van der Waals surface area contributed by atoms with Crippen LogP contribution in [-0.4, -0.2) is 30.9 Å². The molecule has 0 amide bonds. The number of methoxy groups -OCH3 is 1.